The Morgan fingerprint density at radius 2 is 1.95 bits per heavy atom. The maximum atomic E-state index is 12.5. The minimum Gasteiger partial charge on any atom is -0.310 e. The number of hydrogen-bond acceptors (Lipinski definition) is 3. The van der Waals surface area contributed by atoms with Gasteiger partial charge in [-0.15, -0.1) is 11.3 Å². The molecule has 1 N–H and O–H groups in total. The third-order valence-corrected chi connectivity index (χ3v) is 3.85. The molecule has 0 fully saturated rings. The number of nitrogens with one attached hydrogen (secondary N) is 1. The van der Waals surface area contributed by atoms with Crippen LogP contribution in [0.4, 0.5) is 13.2 Å². The van der Waals surface area contributed by atoms with Gasteiger partial charge in [0.15, 0.2) is 0 Å². The van der Waals surface area contributed by atoms with Gasteiger partial charge in [-0.25, -0.2) is 4.98 Å². The van der Waals surface area contributed by atoms with Crippen molar-refractivity contribution >= 4 is 11.3 Å². The van der Waals surface area contributed by atoms with Crippen LogP contribution in [0.25, 0.3) is 0 Å². The van der Waals surface area contributed by atoms with E-state index < -0.39 is 11.7 Å². The summed E-state index contributed by atoms with van der Waals surface area (Å²) in [6.45, 7) is 2.68. The van der Waals surface area contributed by atoms with Crippen LogP contribution in [0, 0.1) is 0 Å². The first-order valence-electron chi connectivity index (χ1n) is 6.26. The highest BCUT2D eigenvalue weighted by Gasteiger charge is 2.30. The Labute approximate surface area is 119 Å². The molecule has 1 heterocycles. The van der Waals surface area contributed by atoms with Crippen LogP contribution in [0.2, 0.25) is 0 Å². The molecule has 6 heteroatoms. The second-order valence-electron chi connectivity index (χ2n) is 4.47. The Balaban J connectivity index is 1.87. The zero-order valence-electron chi connectivity index (χ0n) is 10.9. The number of rotatable bonds is 5. The normalized spacial score (nSPS) is 13.4. The molecule has 20 heavy (non-hydrogen) atoms. The molecule has 2 rings (SSSR count). The molecule has 1 aromatic heterocycles. The molecule has 0 aliphatic heterocycles. The smallest absolute Gasteiger partial charge is 0.310 e. The van der Waals surface area contributed by atoms with E-state index >= 15 is 0 Å². The molecule has 0 bridgehead atoms. The Morgan fingerprint density at radius 3 is 2.50 bits per heavy atom. The standard InChI is InChI=1S/C14H15F3N2S/c1-10(18-7-6-13-19-8-9-20-13)11-2-4-12(5-3-11)14(15,16)17/h2-5,8-10,18H,6-7H2,1H3. The predicted molar refractivity (Wildman–Crippen MR) is 73.7 cm³/mol. The fourth-order valence-corrected chi connectivity index (χ4v) is 2.47. The van der Waals surface area contributed by atoms with E-state index in [9.17, 15) is 13.2 Å². The molecule has 0 aliphatic carbocycles. The molecule has 0 saturated heterocycles. The molecule has 2 aromatic rings. The van der Waals surface area contributed by atoms with Gasteiger partial charge in [0.25, 0.3) is 0 Å². The quantitative estimate of drug-likeness (QED) is 0.901. The second kappa shape index (κ2) is 6.37. The van der Waals surface area contributed by atoms with Gasteiger partial charge in [-0.2, -0.15) is 13.2 Å². The van der Waals surface area contributed by atoms with Crippen LogP contribution in [0.3, 0.4) is 0 Å². The van der Waals surface area contributed by atoms with Gasteiger partial charge in [0, 0.05) is 30.6 Å². The summed E-state index contributed by atoms with van der Waals surface area (Å²) in [5.41, 5.74) is 0.230. The lowest BCUT2D eigenvalue weighted by atomic mass is 10.1. The molecule has 0 amide bonds. The molecule has 0 radical (unpaired) electrons. The summed E-state index contributed by atoms with van der Waals surface area (Å²) in [5.74, 6) is 0. The molecular weight excluding hydrogens is 285 g/mol. The zero-order chi connectivity index (χ0) is 14.6. The van der Waals surface area contributed by atoms with Crippen molar-refractivity contribution in [2.24, 2.45) is 0 Å². The van der Waals surface area contributed by atoms with Crippen molar-refractivity contribution in [3.8, 4) is 0 Å². The summed E-state index contributed by atoms with van der Waals surface area (Å²) in [6.07, 6.45) is -1.69. The fraction of sp³-hybridized carbons (Fsp3) is 0.357. The van der Waals surface area contributed by atoms with Crippen LogP contribution in [0.1, 0.15) is 29.1 Å². The minimum atomic E-state index is -4.28. The van der Waals surface area contributed by atoms with Crippen LogP contribution in [0.15, 0.2) is 35.8 Å². The first-order chi connectivity index (χ1) is 9.47. The minimum absolute atomic E-state index is 0.0113. The lowest BCUT2D eigenvalue weighted by Crippen LogP contribution is -2.21. The number of alkyl halides is 3. The topological polar surface area (TPSA) is 24.9 Å². The van der Waals surface area contributed by atoms with Crippen molar-refractivity contribution in [3.05, 3.63) is 52.0 Å². The van der Waals surface area contributed by atoms with Gasteiger partial charge in [-0.05, 0) is 24.6 Å². The van der Waals surface area contributed by atoms with Gasteiger partial charge in [0.2, 0.25) is 0 Å². The molecule has 2 nitrogen and oxygen atoms in total. The van der Waals surface area contributed by atoms with Crippen molar-refractivity contribution in [2.45, 2.75) is 25.6 Å². The van der Waals surface area contributed by atoms with Crippen LogP contribution in [0.5, 0.6) is 0 Å². The predicted octanol–water partition coefficient (Wildman–Crippen LogP) is 4.06. The number of benzene rings is 1. The third kappa shape index (κ3) is 4.05. The van der Waals surface area contributed by atoms with Gasteiger partial charge >= 0.3 is 6.18 Å². The lowest BCUT2D eigenvalue weighted by Gasteiger charge is -2.15. The number of nitrogens with zero attached hydrogens (tertiary/aromatic N) is 1. The SMILES string of the molecule is CC(NCCc1nccs1)c1ccc(C(F)(F)F)cc1. The number of thiazole rings is 1. The maximum Gasteiger partial charge on any atom is 0.416 e. The molecule has 0 saturated carbocycles. The van der Waals surface area contributed by atoms with E-state index in [-0.39, 0.29) is 6.04 Å². The molecule has 0 aliphatic rings. The highest BCUT2D eigenvalue weighted by atomic mass is 32.1. The Morgan fingerprint density at radius 1 is 1.25 bits per heavy atom. The second-order valence-corrected chi connectivity index (χ2v) is 5.45. The number of halogens is 3. The van der Waals surface area contributed by atoms with Gasteiger partial charge in [-0.1, -0.05) is 12.1 Å². The monoisotopic (exact) mass is 300 g/mol. The molecule has 1 unspecified atom stereocenters. The first kappa shape index (κ1) is 15.0. The molecule has 1 atom stereocenters. The van der Waals surface area contributed by atoms with Crippen molar-refractivity contribution in [2.75, 3.05) is 6.54 Å². The maximum absolute atomic E-state index is 12.5. The summed E-state index contributed by atoms with van der Waals surface area (Å²) in [7, 11) is 0. The van der Waals surface area contributed by atoms with Crippen molar-refractivity contribution < 1.29 is 13.2 Å². The van der Waals surface area contributed by atoms with E-state index in [0.29, 0.717) is 0 Å². The van der Waals surface area contributed by atoms with E-state index in [4.69, 9.17) is 0 Å². The summed E-state index contributed by atoms with van der Waals surface area (Å²) in [6, 6.07) is 5.29. The van der Waals surface area contributed by atoms with Crippen LogP contribution < -0.4 is 5.32 Å². The molecule has 1 aromatic carbocycles. The summed E-state index contributed by atoms with van der Waals surface area (Å²) < 4.78 is 37.4. The summed E-state index contributed by atoms with van der Waals surface area (Å²) >= 11 is 1.60. The molecule has 108 valence electrons. The Hall–Kier alpha value is -1.40. The highest BCUT2D eigenvalue weighted by Crippen LogP contribution is 2.29. The van der Waals surface area contributed by atoms with Crippen molar-refractivity contribution in [1.82, 2.24) is 10.3 Å². The summed E-state index contributed by atoms with van der Waals surface area (Å²) in [5, 5.41) is 6.26. The molecule has 0 spiro atoms. The van der Waals surface area contributed by atoms with E-state index in [1.165, 1.54) is 12.1 Å². The van der Waals surface area contributed by atoms with E-state index in [1.54, 1.807) is 17.5 Å². The van der Waals surface area contributed by atoms with Gasteiger partial charge < -0.3 is 5.32 Å². The fourth-order valence-electron chi connectivity index (χ4n) is 1.85. The van der Waals surface area contributed by atoms with E-state index in [2.05, 4.69) is 10.3 Å². The molecular formula is C14H15F3N2S. The number of aromatic nitrogens is 1. The van der Waals surface area contributed by atoms with Gasteiger partial charge in [-0.3, -0.25) is 0 Å². The number of hydrogen-bond donors (Lipinski definition) is 1. The van der Waals surface area contributed by atoms with E-state index in [1.807, 2.05) is 12.3 Å². The van der Waals surface area contributed by atoms with Gasteiger partial charge in [0.05, 0.1) is 10.6 Å². The highest BCUT2D eigenvalue weighted by molar-refractivity contribution is 7.09. The largest absolute Gasteiger partial charge is 0.416 e. The lowest BCUT2D eigenvalue weighted by molar-refractivity contribution is -0.137. The third-order valence-electron chi connectivity index (χ3n) is 3.01. The van der Waals surface area contributed by atoms with Gasteiger partial charge in [0.1, 0.15) is 0 Å². The average molecular weight is 300 g/mol. The summed E-state index contributed by atoms with van der Waals surface area (Å²) in [4.78, 5) is 4.18. The first-order valence-corrected chi connectivity index (χ1v) is 7.13. The average Bonchev–Trinajstić information content (AvgIpc) is 2.91. The zero-order valence-corrected chi connectivity index (χ0v) is 11.8. The van der Waals surface area contributed by atoms with E-state index in [0.717, 1.165) is 35.7 Å². The van der Waals surface area contributed by atoms with Crippen LogP contribution in [-0.4, -0.2) is 11.5 Å². The Kier molecular flexibility index (Phi) is 4.77. The van der Waals surface area contributed by atoms with Crippen LogP contribution >= 0.6 is 11.3 Å². The Bertz CT molecular complexity index is 520. The van der Waals surface area contributed by atoms with Crippen molar-refractivity contribution in [3.63, 3.8) is 0 Å². The van der Waals surface area contributed by atoms with Crippen LogP contribution in [-0.2, 0) is 12.6 Å². The van der Waals surface area contributed by atoms with Crippen molar-refractivity contribution in [1.29, 1.82) is 0 Å².